The molecule has 1 aromatic heterocycles. The van der Waals surface area contributed by atoms with Crippen LogP contribution in [0.4, 0.5) is 5.69 Å². The van der Waals surface area contributed by atoms with E-state index in [0.717, 1.165) is 10.2 Å². The summed E-state index contributed by atoms with van der Waals surface area (Å²) in [6.07, 6.45) is 2.09. The minimum atomic E-state index is 0.0774. The van der Waals surface area contributed by atoms with Gasteiger partial charge in [0.25, 0.3) is 0 Å². The second kappa shape index (κ2) is 4.90. The summed E-state index contributed by atoms with van der Waals surface area (Å²) in [6, 6.07) is 1.68. The minimum absolute atomic E-state index is 0.0774. The lowest BCUT2D eigenvalue weighted by molar-refractivity contribution is -0.117. The van der Waals surface area contributed by atoms with E-state index in [0.29, 0.717) is 24.0 Å². The molecule has 0 spiro atoms. The van der Waals surface area contributed by atoms with Gasteiger partial charge in [-0.05, 0) is 21.8 Å². The minimum Gasteiger partial charge on any atom is -0.311 e. The van der Waals surface area contributed by atoms with E-state index in [-0.39, 0.29) is 11.8 Å². The zero-order chi connectivity index (χ0) is 11.7. The Kier molecular flexibility index (Phi) is 3.72. The van der Waals surface area contributed by atoms with Crippen molar-refractivity contribution in [1.82, 2.24) is 4.98 Å². The zero-order valence-electron chi connectivity index (χ0n) is 8.29. The van der Waals surface area contributed by atoms with Crippen molar-refractivity contribution in [3.8, 4) is 0 Å². The van der Waals surface area contributed by atoms with Crippen LogP contribution in [0.1, 0.15) is 6.42 Å². The van der Waals surface area contributed by atoms with Gasteiger partial charge in [0.15, 0.2) is 0 Å². The second-order valence-corrected chi connectivity index (χ2v) is 5.24. The van der Waals surface area contributed by atoms with Crippen molar-refractivity contribution in [2.75, 3.05) is 17.3 Å². The Labute approximate surface area is 112 Å². The van der Waals surface area contributed by atoms with Gasteiger partial charge in [0.1, 0.15) is 5.15 Å². The first-order valence-electron chi connectivity index (χ1n) is 4.79. The molecule has 3 nitrogen and oxygen atoms in total. The van der Waals surface area contributed by atoms with Crippen molar-refractivity contribution in [3.63, 3.8) is 0 Å². The number of carbonyl (C=O) groups excluding carboxylic acids is 1. The molecule has 0 saturated carbocycles. The number of rotatable bonds is 2. The average molecular weight is 324 g/mol. The summed E-state index contributed by atoms with van der Waals surface area (Å²) >= 11 is 14.9. The Bertz CT molecular complexity index is 427. The highest BCUT2D eigenvalue weighted by atomic mass is 79.9. The van der Waals surface area contributed by atoms with Crippen LogP contribution in [0.3, 0.4) is 0 Å². The Balaban J connectivity index is 2.30. The lowest BCUT2D eigenvalue weighted by Crippen LogP contribution is -2.25. The number of pyridine rings is 1. The van der Waals surface area contributed by atoms with E-state index in [2.05, 4.69) is 20.9 Å². The van der Waals surface area contributed by atoms with Gasteiger partial charge in [-0.1, -0.05) is 11.6 Å². The van der Waals surface area contributed by atoms with E-state index in [1.165, 1.54) is 0 Å². The Morgan fingerprint density at radius 3 is 3.00 bits per heavy atom. The first-order chi connectivity index (χ1) is 7.61. The summed E-state index contributed by atoms with van der Waals surface area (Å²) in [6.45, 7) is 0.640. The average Bonchev–Trinajstić information content (AvgIpc) is 2.63. The standard InChI is InChI=1S/C10H9BrCl2N2O/c11-7-4-14-9(13)2-8(7)15-5-6(3-12)1-10(15)16/h2,4,6H,1,3,5H2. The molecule has 0 radical (unpaired) electrons. The summed E-state index contributed by atoms with van der Waals surface area (Å²) in [5, 5.41) is 0.375. The maximum absolute atomic E-state index is 11.8. The predicted molar refractivity (Wildman–Crippen MR) is 68.1 cm³/mol. The molecule has 2 rings (SSSR count). The molecule has 1 aliphatic heterocycles. The summed E-state index contributed by atoms with van der Waals surface area (Å²) in [4.78, 5) is 17.4. The van der Waals surface area contributed by atoms with Crippen molar-refractivity contribution in [1.29, 1.82) is 0 Å². The molecule has 0 aliphatic carbocycles. The van der Waals surface area contributed by atoms with Crippen molar-refractivity contribution in [2.45, 2.75) is 6.42 Å². The van der Waals surface area contributed by atoms with Crippen LogP contribution in [0.5, 0.6) is 0 Å². The van der Waals surface area contributed by atoms with Gasteiger partial charge in [0, 0.05) is 31.1 Å². The Morgan fingerprint density at radius 1 is 1.62 bits per heavy atom. The van der Waals surface area contributed by atoms with Crippen LogP contribution in [-0.2, 0) is 4.79 Å². The van der Waals surface area contributed by atoms with E-state index in [9.17, 15) is 4.79 Å². The molecule has 86 valence electrons. The SMILES string of the molecule is O=C1CC(CCl)CN1c1cc(Cl)ncc1Br. The molecule has 1 atom stereocenters. The van der Waals surface area contributed by atoms with Crippen molar-refractivity contribution < 1.29 is 4.79 Å². The van der Waals surface area contributed by atoms with Gasteiger partial charge < -0.3 is 4.90 Å². The van der Waals surface area contributed by atoms with Gasteiger partial charge in [-0.25, -0.2) is 4.98 Å². The maximum atomic E-state index is 11.8. The molecule has 1 unspecified atom stereocenters. The van der Waals surface area contributed by atoms with Crippen molar-refractivity contribution >= 4 is 50.7 Å². The van der Waals surface area contributed by atoms with Gasteiger partial charge in [-0.3, -0.25) is 4.79 Å². The molecule has 1 saturated heterocycles. The van der Waals surface area contributed by atoms with E-state index in [1.54, 1.807) is 17.2 Å². The molecule has 0 aromatic carbocycles. The Morgan fingerprint density at radius 2 is 2.38 bits per heavy atom. The fourth-order valence-electron chi connectivity index (χ4n) is 1.73. The molecule has 2 heterocycles. The number of anilines is 1. The largest absolute Gasteiger partial charge is 0.311 e. The maximum Gasteiger partial charge on any atom is 0.227 e. The predicted octanol–water partition coefficient (Wildman–Crippen LogP) is 3.09. The first kappa shape index (κ1) is 12.1. The molecule has 1 amide bonds. The molecule has 1 aliphatic rings. The summed E-state index contributed by atoms with van der Waals surface area (Å²) < 4.78 is 0.764. The molecule has 1 aromatic rings. The fraction of sp³-hybridized carbons (Fsp3) is 0.400. The normalized spacial score (nSPS) is 20.6. The summed E-state index contributed by atoms with van der Waals surface area (Å²) in [5.41, 5.74) is 0.762. The third kappa shape index (κ3) is 2.34. The van der Waals surface area contributed by atoms with Crippen LogP contribution in [0, 0.1) is 5.92 Å². The molecule has 0 bridgehead atoms. The van der Waals surface area contributed by atoms with Crippen LogP contribution in [0.25, 0.3) is 0 Å². The van der Waals surface area contributed by atoms with Crippen LogP contribution in [0.15, 0.2) is 16.7 Å². The monoisotopic (exact) mass is 322 g/mol. The number of alkyl halides is 1. The number of aromatic nitrogens is 1. The van der Waals surface area contributed by atoms with E-state index in [4.69, 9.17) is 23.2 Å². The third-order valence-corrected chi connectivity index (χ3v) is 3.77. The van der Waals surface area contributed by atoms with Crippen LogP contribution < -0.4 is 4.90 Å². The quantitative estimate of drug-likeness (QED) is 0.619. The van der Waals surface area contributed by atoms with Crippen LogP contribution >= 0.6 is 39.1 Å². The number of carbonyl (C=O) groups is 1. The second-order valence-electron chi connectivity index (χ2n) is 3.69. The van der Waals surface area contributed by atoms with Gasteiger partial charge in [0.2, 0.25) is 5.91 Å². The lowest BCUT2D eigenvalue weighted by Gasteiger charge is -2.17. The molecule has 16 heavy (non-hydrogen) atoms. The topological polar surface area (TPSA) is 33.2 Å². The van der Waals surface area contributed by atoms with Gasteiger partial charge in [0.05, 0.1) is 10.2 Å². The number of amides is 1. The third-order valence-electron chi connectivity index (χ3n) is 2.52. The number of hydrogen-bond donors (Lipinski definition) is 0. The van der Waals surface area contributed by atoms with Crippen molar-refractivity contribution in [3.05, 3.63) is 21.9 Å². The van der Waals surface area contributed by atoms with Crippen LogP contribution in [-0.4, -0.2) is 23.3 Å². The summed E-state index contributed by atoms with van der Waals surface area (Å²) in [5.74, 6) is 0.792. The molecule has 0 N–H and O–H groups in total. The lowest BCUT2D eigenvalue weighted by atomic mass is 10.1. The molecule has 6 heteroatoms. The van der Waals surface area contributed by atoms with Crippen molar-refractivity contribution in [2.24, 2.45) is 5.92 Å². The molecular formula is C10H9BrCl2N2O. The fourth-order valence-corrected chi connectivity index (χ4v) is 2.52. The zero-order valence-corrected chi connectivity index (χ0v) is 11.4. The molecular weight excluding hydrogens is 315 g/mol. The number of hydrogen-bond acceptors (Lipinski definition) is 2. The highest BCUT2D eigenvalue weighted by Gasteiger charge is 2.31. The first-order valence-corrected chi connectivity index (χ1v) is 6.49. The van der Waals surface area contributed by atoms with Gasteiger partial charge in [-0.2, -0.15) is 0 Å². The summed E-state index contributed by atoms with van der Waals surface area (Å²) in [7, 11) is 0. The smallest absolute Gasteiger partial charge is 0.227 e. The highest BCUT2D eigenvalue weighted by Crippen LogP contribution is 2.32. The van der Waals surface area contributed by atoms with Gasteiger partial charge >= 0.3 is 0 Å². The van der Waals surface area contributed by atoms with Gasteiger partial charge in [-0.15, -0.1) is 11.6 Å². The Hall–Kier alpha value is -0.320. The van der Waals surface area contributed by atoms with E-state index >= 15 is 0 Å². The number of nitrogens with zero attached hydrogens (tertiary/aromatic N) is 2. The highest BCUT2D eigenvalue weighted by molar-refractivity contribution is 9.10. The van der Waals surface area contributed by atoms with E-state index in [1.807, 2.05) is 0 Å². The number of halogens is 3. The van der Waals surface area contributed by atoms with Crippen LogP contribution in [0.2, 0.25) is 5.15 Å². The van der Waals surface area contributed by atoms with E-state index < -0.39 is 0 Å². The molecule has 1 fully saturated rings.